The molecule has 2 heterocycles. The lowest BCUT2D eigenvalue weighted by atomic mass is 10.2. The molecule has 2 aromatic heterocycles. The molecule has 0 radical (unpaired) electrons. The second-order valence-corrected chi connectivity index (χ2v) is 6.91. The molecule has 2 aromatic carbocycles. The molecular formula is C16H9ClN2S2. The fourth-order valence-corrected chi connectivity index (χ4v) is 4.24. The van der Waals surface area contributed by atoms with Gasteiger partial charge in [0.2, 0.25) is 0 Å². The van der Waals surface area contributed by atoms with Crippen LogP contribution in [0.5, 0.6) is 0 Å². The summed E-state index contributed by atoms with van der Waals surface area (Å²) >= 11 is 9.17. The molecular weight excluding hydrogens is 320 g/mol. The van der Waals surface area contributed by atoms with Crippen LogP contribution in [0.2, 0.25) is 5.02 Å². The lowest BCUT2D eigenvalue weighted by molar-refractivity contribution is 1.48. The molecule has 0 aliphatic heterocycles. The average Bonchev–Trinajstić information content (AvgIpc) is 3.07. The fraction of sp³-hybridized carbons (Fsp3) is 0. The maximum absolute atomic E-state index is 5.92. The first kappa shape index (κ1) is 13.0. The Labute approximate surface area is 134 Å². The van der Waals surface area contributed by atoms with Crippen LogP contribution in [0.3, 0.4) is 0 Å². The molecule has 0 aliphatic rings. The van der Waals surface area contributed by atoms with Crippen LogP contribution >= 0.6 is 34.3 Å². The Morgan fingerprint density at radius 2 is 1.19 bits per heavy atom. The maximum atomic E-state index is 5.92. The maximum Gasteiger partial charge on any atom is 0.155 e. The lowest BCUT2D eigenvalue weighted by Gasteiger charge is -1.95. The third-order valence-corrected chi connectivity index (χ3v) is 5.47. The van der Waals surface area contributed by atoms with Crippen LogP contribution in [0, 0.1) is 0 Å². The van der Waals surface area contributed by atoms with Gasteiger partial charge in [0.1, 0.15) is 10.0 Å². The van der Waals surface area contributed by atoms with Crippen molar-refractivity contribution >= 4 is 43.9 Å². The number of halogens is 1. The second-order valence-electron chi connectivity index (χ2n) is 4.52. The van der Waals surface area contributed by atoms with Gasteiger partial charge in [-0.2, -0.15) is 0 Å². The highest BCUT2D eigenvalue weighted by Crippen LogP contribution is 2.36. The SMILES string of the molecule is Clc1ccc(-c2nc3sc(-c4ccccc4)nc3s2)cc1. The van der Waals surface area contributed by atoms with Crippen molar-refractivity contribution < 1.29 is 0 Å². The van der Waals surface area contributed by atoms with E-state index in [-0.39, 0.29) is 0 Å². The van der Waals surface area contributed by atoms with Gasteiger partial charge >= 0.3 is 0 Å². The molecule has 0 fully saturated rings. The summed E-state index contributed by atoms with van der Waals surface area (Å²) in [5.74, 6) is 0. The predicted molar refractivity (Wildman–Crippen MR) is 91.2 cm³/mol. The highest BCUT2D eigenvalue weighted by Gasteiger charge is 2.12. The lowest BCUT2D eigenvalue weighted by Crippen LogP contribution is -1.75. The summed E-state index contributed by atoms with van der Waals surface area (Å²) < 4.78 is 0. The van der Waals surface area contributed by atoms with E-state index in [2.05, 4.69) is 12.1 Å². The molecule has 0 saturated carbocycles. The quantitative estimate of drug-likeness (QED) is 0.469. The highest BCUT2D eigenvalue weighted by molar-refractivity contribution is 7.29. The van der Waals surface area contributed by atoms with Crippen molar-refractivity contribution in [2.45, 2.75) is 0 Å². The Kier molecular flexibility index (Phi) is 3.22. The normalized spacial score (nSPS) is 11.1. The largest absolute Gasteiger partial charge is 0.223 e. The third-order valence-electron chi connectivity index (χ3n) is 3.09. The van der Waals surface area contributed by atoms with E-state index < -0.39 is 0 Å². The average molecular weight is 329 g/mol. The van der Waals surface area contributed by atoms with Crippen molar-refractivity contribution in [3.63, 3.8) is 0 Å². The Hall–Kier alpha value is -1.75. The fourth-order valence-electron chi connectivity index (χ4n) is 2.06. The smallest absolute Gasteiger partial charge is 0.155 e. The van der Waals surface area contributed by atoms with Crippen LogP contribution < -0.4 is 0 Å². The van der Waals surface area contributed by atoms with Crippen LogP contribution in [0.25, 0.3) is 30.8 Å². The molecule has 102 valence electrons. The number of thiazole rings is 2. The molecule has 0 N–H and O–H groups in total. The van der Waals surface area contributed by atoms with Gasteiger partial charge in [-0.15, -0.1) is 0 Å². The molecule has 0 aliphatic carbocycles. The van der Waals surface area contributed by atoms with Crippen molar-refractivity contribution in [2.24, 2.45) is 0 Å². The van der Waals surface area contributed by atoms with Gasteiger partial charge in [0.25, 0.3) is 0 Å². The molecule has 0 atom stereocenters. The number of rotatable bonds is 2. The molecule has 4 rings (SSSR count). The topological polar surface area (TPSA) is 25.8 Å². The number of benzene rings is 2. The van der Waals surface area contributed by atoms with Crippen molar-refractivity contribution in [1.82, 2.24) is 9.97 Å². The number of hydrogen-bond donors (Lipinski definition) is 0. The first-order valence-electron chi connectivity index (χ1n) is 6.38. The standard InChI is InChI=1S/C16H9ClN2S2/c17-12-8-6-11(7-9-12)14-19-16-15(21-14)18-13(20-16)10-4-2-1-3-5-10/h1-9H. The first-order chi connectivity index (χ1) is 10.3. The van der Waals surface area contributed by atoms with E-state index in [0.717, 1.165) is 35.8 Å². The minimum absolute atomic E-state index is 0.738. The molecule has 0 saturated heterocycles. The molecule has 0 spiro atoms. The Bertz CT molecular complexity index is 864. The molecule has 5 heteroatoms. The number of fused-ring (bicyclic) bond motifs is 1. The minimum Gasteiger partial charge on any atom is -0.223 e. The van der Waals surface area contributed by atoms with Crippen LogP contribution in [-0.4, -0.2) is 9.97 Å². The zero-order valence-corrected chi connectivity index (χ0v) is 13.2. The van der Waals surface area contributed by atoms with Gasteiger partial charge in [0.05, 0.1) is 0 Å². The van der Waals surface area contributed by atoms with E-state index in [1.165, 1.54) is 0 Å². The highest BCUT2D eigenvalue weighted by atomic mass is 35.5. The van der Waals surface area contributed by atoms with Gasteiger partial charge in [-0.1, -0.05) is 76.7 Å². The van der Waals surface area contributed by atoms with Gasteiger partial charge in [-0.25, -0.2) is 9.97 Å². The predicted octanol–water partition coefficient (Wildman–Crippen LogP) is 5.74. The zero-order chi connectivity index (χ0) is 14.2. The van der Waals surface area contributed by atoms with Gasteiger partial charge in [-0.05, 0) is 12.1 Å². The van der Waals surface area contributed by atoms with Crippen LogP contribution in [-0.2, 0) is 0 Å². The summed E-state index contributed by atoms with van der Waals surface area (Å²) in [7, 11) is 0. The van der Waals surface area contributed by atoms with Crippen LogP contribution in [0.4, 0.5) is 0 Å². The number of aromatic nitrogens is 2. The third kappa shape index (κ3) is 2.46. The minimum atomic E-state index is 0.738. The molecule has 21 heavy (non-hydrogen) atoms. The monoisotopic (exact) mass is 328 g/mol. The molecule has 2 nitrogen and oxygen atoms in total. The van der Waals surface area contributed by atoms with Gasteiger partial charge in [-0.3, -0.25) is 0 Å². The Morgan fingerprint density at radius 1 is 0.667 bits per heavy atom. The van der Waals surface area contributed by atoms with Gasteiger partial charge in [0, 0.05) is 16.1 Å². The van der Waals surface area contributed by atoms with Crippen LogP contribution in [0.15, 0.2) is 54.6 Å². The first-order valence-corrected chi connectivity index (χ1v) is 8.39. The van der Waals surface area contributed by atoms with Crippen molar-refractivity contribution in [3.05, 3.63) is 59.6 Å². The van der Waals surface area contributed by atoms with Crippen molar-refractivity contribution in [1.29, 1.82) is 0 Å². The van der Waals surface area contributed by atoms with E-state index in [0.29, 0.717) is 0 Å². The summed E-state index contributed by atoms with van der Waals surface area (Å²) in [5, 5.41) is 2.74. The molecule has 4 aromatic rings. The number of nitrogens with zero attached hydrogens (tertiary/aromatic N) is 2. The summed E-state index contributed by atoms with van der Waals surface area (Å²) in [4.78, 5) is 11.4. The van der Waals surface area contributed by atoms with E-state index in [9.17, 15) is 0 Å². The van der Waals surface area contributed by atoms with Crippen molar-refractivity contribution in [2.75, 3.05) is 0 Å². The van der Waals surface area contributed by atoms with Crippen molar-refractivity contribution in [3.8, 4) is 21.1 Å². The summed E-state index contributed by atoms with van der Waals surface area (Å²) in [6.45, 7) is 0. The molecule has 0 unspecified atom stereocenters. The van der Waals surface area contributed by atoms with E-state index in [4.69, 9.17) is 21.6 Å². The second kappa shape index (κ2) is 5.22. The summed E-state index contributed by atoms with van der Waals surface area (Å²) in [5.41, 5.74) is 2.22. The number of hydrogen-bond acceptors (Lipinski definition) is 4. The Balaban J connectivity index is 1.75. The molecule has 0 amide bonds. The van der Waals surface area contributed by atoms with E-state index in [1.807, 2.05) is 42.5 Å². The van der Waals surface area contributed by atoms with Gasteiger partial charge in [0.15, 0.2) is 9.66 Å². The Morgan fingerprint density at radius 3 is 1.76 bits per heavy atom. The van der Waals surface area contributed by atoms with Gasteiger partial charge < -0.3 is 0 Å². The zero-order valence-electron chi connectivity index (χ0n) is 10.8. The summed E-state index contributed by atoms with van der Waals surface area (Å²) in [6.07, 6.45) is 0. The van der Waals surface area contributed by atoms with Crippen LogP contribution in [0.1, 0.15) is 0 Å². The molecule has 0 bridgehead atoms. The summed E-state index contributed by atoms with van der Waals surface area (Å²) in [6, 6.07) is 18.0. The van der Waals surface area contributed by atoms with E-state index in [1.54, 1.807) is 22.7 Å². The van der Waals surface area contributed by atoms with E-state index >= 15 is 0 Å².